The summed E-state index contributed by atoms with van der Waals surface area (Å²) in [7, 11) is 6.04. The smallest absolute Gasteiger partial charge is 0.231 e. The molecule has 1 atom stereocenters. The number of likely N-dealkylation sites (tertiary alicyclic amines) is 1. The zero-order chi connectivity index (χ0) is 15.2. The Morgan fingerprint density at radius 2 is 1.90 bits per heavy atom. The van der Waals surface area contributed by atoms with Gasteiger partial charge in [0.1, 0.15) is 0 Å². The van der Waals surface area contributed by atoms with Crippen molar-refractivity contribution in [1.82, 2.24) is 19.9 Å². The van der Waals surface area contributed by atoms with Crippen molar-refractivity contribution in [3.63, 3.8) is 0 Å². The van der Waals surface area contributed by atoms with Gasteiger partial charge < -0.3 is 20.4 Å². The first kappa shape index (κ1) is 15.8. The summed E-state index contributed by atoms with van der Waals surface area (Å²) in [6.07, 6.45) is 2.27. The molecule has 0 bridgehead atoms. The van der Waals surface area contributed by atoms with E-state index in [1.165, 1.54) is 13.0 Å². The fourth-order valence-corrected chi connectivity index (χ4v) is 2.39. The Hall–Kier alpha value is -1.63. The maximum Gasteiger partial charge on any atom is 0.231 e. The molecule has 0 aliphatic carbocycles. The molecule has 7 heteroatoms. The maximum absolute atomic E-state index is 4.46. The van der Waals surface area contributed by atoms with Gasteiger partial charge in [-0.1, -0.05) is 6.92 Å². The minimum absolute atomic E-state index is 0.640. The van der Waals surface area contributed by atoms with E-state index in [1.54, 1.807) is 0 Å². The monoisotopic (exact) mass is 293 g/mol. The molecule has 2 rings (SSSR count). The van der Waals surface area contributed by atoms with Crippen LogP contribution in [0.2, 0.25) is 0 Å². The second kappa shape index (κ2) is 7.40. The predicted molar refractivity (Wildman–Crippen MR) is 87.0 cm³/mol. The molecule has 1 saturated heterocycles. The number of hydrogen-bond donors (Lipinski definition) is 2. The summed E-state index contributed by atoms with van der Waals surface area (Å²) in [5, 5.41) is 6.59. The molecular weight excluding hydrogens is 266 g/mol. The molecule has 0 aromatic carbocycles. The molecule has 2 heterocycles. The quantitative estimate of drug-likeness (QED) is 0.781. The van der Waals surface area contributed by atoms with Crippen LogP contribution in [0.4, 0.5) is 17.8 Å². The van der Waals surface area contributed by atoms with Crippen LogP contribution in [0.3, 0.4) is 0 Å². The van der Waals surface area contributed by atoms with Crippen LogP contribution < -0.4 is 15.5 Å². The topological polar surface area (TPSA) is 69.2 Å². The normalized spacial score (nSPS) is 18.8. The first-order chi connectivity index (χ1) is 10.1. The summed E-state index contributed by atoms with van der Waals surface area (Å²) < 4.78 is 0. The molecule has 1 unspecified atom stereocenters. The molecule has 21 heavy (non-hydrogen) atoms. The molecule has 118 valence electrons. The van der Waals surface area contributed by atoms with E-state index >= 15 is 0 Å². The van der Waals surface area contributed by atoms with Gasteiger partial charge in [-0.25, -0.2) is 0 Å². The number of nitrogens with zero attached hydrogens (tertiary/aromatic N) is 5. The number of nitrogens with one attached hydrogen (secondary N) is 2. The standard InChI is InChI=1S/C14H27N7/c1-5-7-15-12-17-13(19-14(18-12)20(2)3)16-9-11-6-8-21(4)10-11/h11H,5-10H2,1-4H3,(H2,15,16,17,18,19). The fraction of sp³-hybridized carbons (Fsp3) is 0.786. The lowest BCUT2D eigenvalue weighted by Gasteiger charge is -2.15. The molecule has 1 aromatic heterocycles. The van der Waals surface area contributed by atoms with E-state index in [0.29, 0.717) is 23.8 Å². The third-order valence-electron chi connectivity index (χ3n) is 3.59. The summed E-state index contributed by atoms with van der Waals surface area (Å²) in [5.41, 5.74) is 0. The van der Waals surface area contributed by atoms with Crippen molar-refractivity contribution in [2.24, 2.45) is 5.92 Å². The molecule has 1 aliphatic heterocycles. The summed E-state index contributed by atoms with van der Waals surface area (Å²) in [5.74, 6) is 2.64. The highest BCUT2D eigenvalue weighted by atomic mass is 15.3. The van der Waals surface area contributed by atoms with Crippen molar-refractivity contribution in [2.45, 2.75) is 19.8 Å². The Balaban J connectivity index is 2.01. The van der Waals surface area contributed by atoms with E-state index in [4.69, 9.17) is 0 Å². The summed E-state index contributed by atoms with van der Waals surface area (Å²) in [6, 6.07) is 0. The van der Waals surface area contributed by atoms with Crippen LogP contribution in [-0.4, -0.2) is 67.2 Å². The van der Waals surface area contributed by atoms with Gasteiger partial charge in [0.25, 0.3) is 0 Å². The highest BCUT2D eigenvalue weighted by molar-refractivity contribution is 5.42. The molecule has 0 spiro atoms. The third-order valence-corrected chi connectivity index (χ3v) is 3.59. The summed E-state index contributed by atoms with van der Waals surface area (Å²) in [4.78, 5) is 17.6. The molecule has 1 aliphatic rings. The van der Waals surface area contributed by atoms with Crippen LogP contribution in [-0.2, 0) is 0 Å². The Bertz CT molecular complexity index is 449. The Morgan fingerprint density at radius 1 is 1.19 bits per heavy atom. The van der Waals surface area contributed by atoms with Crippen molar-refractivity contribution in [1.29, 1.82) is 0 Å². The number of rotatable bonds is 7. The average molecular weight is 293 g/mol. The number of anilines is 3. The van der Waals surface area contributed by atoms with E-state index in [2.05, 4.69) is 44.5 Å². The first-order valence-corrected chi connectivity index (χ1v) is 7.68. The average Bonchev–Trinajstić information content (AvgIpc) is 2.88. The molecule has 1 fully saturated rings. The van der Waals surface area contributed by atoms with Crippen molar-refractivity contribution in [3.8, 4) is 0 Å². The number of aromatic nitrogens is 3. The van der Waals surface area contributed by atoms with Crippen molar-refractivity contribution < 1.29 is 0 Å². The van der Waals surface area contributed by atoms with Crippen LogP contribution in [0, 0.1) is 5.92 Å². The molecule has 0 amide bonds. The van der Waals surface area contributed by atoms with Gasteiger partial charge in [-0.15, -0.1) is 0 Å². The van der Waals surface area contributed by atoms with E-state index in [0.717, 1.165) is 26.1 Å². The van der Waals surface area contributed by atoms with Gasteiger partial charge in [-0.05, 0) is 32.4 Å². The van der Waals surface area contributed by atoms with E-state index in [9.17, 15) is 0 Å². The zero-order valence-electron chi connectivity index (χ0n) is 13.6. The van der Waals surface area contributed by atoms with Crippen LogP contribution in [0.15, 0.2) is 0 Å². The SMILES string of the molecule is CCCNc1nc(NCC2CCN(C)C2)nc(N(C)C)n1. The second-order valence-electron chi connectivity index (χ2n) is 5.90. The summed E-state index contributed by atoms with van der Waals surface area (Å²) in [6.45, 7) is 6.21. The zero-order valence-corrected chi connectivity index (χ0v) is 13.6. The minimum Gasteiger partial charge on any atom is -0.354 e. The molecule has 2 N–H and O–H groups in total. The van der Waals surface area contributed by atoms with E-state index < -0.39 is 0 Å². The highest BCUT2D eigenvalue weighted by Gasteiger charge is 2.19. The van der Waals surface area contributed by atoms with E-state index in [1.807, 2.05) is 19.0 Å². The lowest BCUT2D eigenvalue weighted by atomic mass is 10.1. The van der Waals surface area contributed by atoms with Gasteiger partial charge in [0.2, 0.25) is 17.8 Å². The van der Waals surface area contributed by atoms with Crippen molar-refractivity contribution in [2.75, 3.05) is 62.9 Å². The molecule has 0 saturated carbocycles. The fourth-order valence-electron chi connectivity index (χ4n) is 2.39. The second-order valence-corrected chi connectivity index (χ2v) is 5.90. The van der Waals surface area contributed by atoms with Gasteiger partial charge in [-0.3, -0.25) is 0 Å². The van der Waals surface area contributed by atoms with Gasteiger partial charge in [-0.2, -0.15) is 15.0 Å². The molecule has 0 radical (unpaired) electrons. The summed E-state index contributed by atoms with van der Waals surface area (Å²) >= 11 is 0. The van der Waals surface area contributed by atoms with Crippen LogP contribution in [0.5, 0.6) is 0 Å². The Morgan fingerprint density at radius 3 is 2.48 bits per heavy atom. The lowest BCUT2D eigenvalue weighted by molar-refractivity contribution is 0.399. The van der Waals surface area contributed by atoms with E-state index in [-0.39, 0.29) is 0 Å². The lowest BCUT2D eigenvalue weighted by Crippen LogP contribution is -2.21. The van der Waals surface area contributed by atoms with Crippen molar-refractivity contribution in [3.05, 3.63) is 0 Å². The minimum atomic E-state index is 0.640. The Labute approximate surface area is 127 Å². The molecule has 7 nitrogen and oxygen atoms in total. The highest BCUT2D eigenvalue weighted by Crippen LogP contribution is 2.16. The first-order valence-electron chi connectivity index (χ1n) is 7.68. The molecular formula is C14H27N7. The van der Waals surface area contributed by atoms with Gasteiger partial charge >= 0.3 is 0 Å². The van der Waals surface area contributed by atoms with Crippen LogP contribution >= 0.6 is 0 Å². The van der Waals surface area contributed by atoms with Gasteiger partial charge in [0.05, 0.1) is 0 Å². The van der Waals surface area contributed by atoms with Crippen molar-refractivity contribution >= 4 is 17.8 Å². The molecule has 1 aromatic rings. The predicted octanol–water partition coefficient (Wildman–Crippen LogP) is 1.12. The maximum atomic E-state index is 4.46. The third kappa shape index (κ3) is 4.70. The van der Waals surface area contributed by atoms with Crippen LogP contribution in [0.25, 0.3) is 0 Å². The van der Waals surface area contributed by atoms with Crippen LogP contribution in [0.1, 0.15) is 19.8 Å². The van der Waals surface area contributed by atoms with Gasteiger partial charge in [0, 0.05) is 33.7 Å². The Kier molecular flexibility index (Phi) is 5.55. The van der Waals surface area contributed by atoms with Gasteiger partial charge in [0.15, 0.2) is 0 Å². The largest absolute Gasteiger partial charge is 0.354 e. The number of hydrogen-bond acceptors (Lipinski definition) is 7.